The zero-order valence-electron chi connectivity index (χ0n) is 15.4. The number of morpholine rings is 1. The summed E-state index contributed by atoms with van der Waals surface area (Å²) in [5.74, 6) is 0.819. The number of ether oxygens (including phenoxy) is 1. The first kappa shape index (κ1) is 22.6. The van der Waals surface area contributed by atoms with Crippen LogP contribution in [0.2, 0.25) is 0 Å². The molecule has 8 heteroatoms. The molecule has 2 aromatic rings. The molecule has 1 saturated heterocycles. The monoisotopic (exact) mass is 564 g/mol. The minimum absolute atomic E-state index is 0. The van der Waals surface area contributed by atoms with Gasteiger partial charge in [0.1, 0.15) is 0 Å². The predicted octanol–water partition coefficient (Wildman–Crippen LogP) is 3.87. The van der Waals surface area contributed by atoms with E-state index >= 15 is 0 Å². The fraction of sp³-hybridized carbons (Fsp3) is 0.421. The third-order valence-electron chi connectivity index (χ3n) is 4.39. The molecule has 2 N–H and O–H groups in total. The summed E-state index contributed by atoms with van der Waals surface area (Å²) in [6.45, 7) is 5.09. The Kier molecular flexibility index (Phi) is 10.1. The highest BCUT2D eigenvalue weighted by molar-refractivity contribution is 14.0. The third-order valence-corrected chi connectivity index (χ3v) is 5.86. The zero-order valence-corrected chi connectivity index (χ0v) is 20.1. The fourth-order valence-corrected chi connectivity index (χ4v) is 4.33. The van der Waals surface area contributed by atoms with E-state index in [1.807, 2.05) is 30.5 Å². The van der Waals surface area contributed by atoms with Crippen molar-refractivity contribution in [1.29, 1.82) is 0 Å². The molecule has 0 aliphatic carbocycles. The first-order valence-electron chi connectivity index (χ1n) is 8.80. The van der Waals surface area contributed by atoms with Crippen LogP contribution in [-0.2, 0) is 11.3 Å². The van der Waals surface area contributed by atoms with Crippen LogP contribution in [0.1, 0.15) is 16.5 Å². The highest BCUT2D eigenvalue weighted by atomic mass is 127. The molecule has 1 aliphatic rings. The molecule has 2 heterocycles. The number of benzene rings is 1. The Bertz CT molecular complexity index is 707. The molecule has 3 rings (SSSR count). The van der Waals surface area contributed by atoms with Gasteiger partial charge in [0.2, 0.25) is 0 Å². The second kappa shape index (κ2) is 12.0. The van der Waals surface area contributed by atoms with Crippen LogP contribution >= 0.6 is 51.2 Å². The second-order valence-corrected chi connectivity index (χ2v) is 8.01. The first-order chi connectivity index (χ1) is 12.8. The van der Waals surface area contributed by atoms with E-state index in [2.05, 4.69) is 66.1 Å². The maximum absolute atomic E-state index is 5.51. The number of aliphatic imine (C=N–C) groups is 1. The number of thiophene rings is 1. The topological polar surface area (TPSA) is 48.9 Å². The maximum Gasteiger partial charge on any atom is 0.191 e. The maximum atomic E-state index is 5.51. The first-order valence-corrected chi connectivity index (χ1v) is 10.5. The van der Waals surface area contributed by atoms with Gasteiger partial charge in [0, 0.05) is 42.6 Å². The Balaban J connectivity index is 0.00000261. The van der Waals surface area contributed by atoms with Gasteiger partial charge in [-0.1, -0.05) is 34.1 Å². The predicted molar refractivity (Wildman–Crippen MR) is 127 cm³/mol. The van der Waals surface area contributed by atoms with E-state index in [9.17, 15) is 0 Å². The SMILES string of the molecule is CN=C(NCc1cccc(Br)c1)NCC(c1cccs1)N1CCOCC1.I. The lowest BCUT2D eigenvalue weighted by Crippen LogP contribution is -2.46. The number of guanidine groups is 1. The van der Waals surface area contributed by atoms with Gasteiger partial charge < -0.3 is 15.4 Å². The summed E-state index contributed by atoms with van der Waals surface area (Å²) in [5, 5.41) is 9.03. The van der Waals surface area contributed by atoms with E-state index in [-0.39, 0.29) is 24.0 Å². The molecular formula is C19H26BrIN4OS. The molecule has 1 aliphatic heterocycles. The second-order valence-electron chi connectivity index (χ2n) is 6.12. The number of hydrogen-bond donors (Lipinski definition) is 2. The van der Waals surface area contributed by atoms with Crippen molar-refractivity contribution in [1.82, 2.24) is 15.5 Å². The number of nitrogens with zero attached hydrogens (tertiary/aromatic N) is 2. The van der Waals surface area contributed by atoms with Gasteiger partial charge in [-0.15, -0.1) is 35.3 Å². The van der Waals surface area contributed by atoms with Crippen molar-refractivity contribution >= 4 is 57.2 Å². The summed E-state index contributed by atoms with van der Waals surface area (Å²) >= 11 is 5.32. The third kappa shape index (κ3) is 7.01. The Labute approximate surface area is 190 Å². The molecule has 27 heavy (non-hydrogen) atoms. The van der Waals surface area contributed by atoms with Gasteiger partial charge in [-0.25, -0.2) is 0 Å². The van der Waals surface area contributed by atoms with Gasteiger partial charge in [-0.3, -0.25) is 9.89 Å². The van der Waals surface area contributed by atoms with E-state index in [4.69, 9.17) is 4.74 Å². The normalized spacial score (nSPS) is 16.4. The molecule has 5 nitrogen and oxygen atoms in total. The number of nitrogens with one attached hydrogen (secondary N) is 2. The van der Waals surface area contributed by atoms with Crippen molar-refractivity contribution in [3.05, 3.63) is 56.7 Å². The lowest BCUT2D eigenvalue weighted by molar-refractivity contribution is 0.0177. The van der Waals surface area contributed by atoms with Gasteiger partial charge in [-0.05, 0) is 29.1 Å². The minimum atomic E-state index is 0. The molecule has 1 aromatic carbocycles. The molecule has 1 atom stereocenters. The van der Waals surface area contributed by atoms with Crippen LogP contribution in [0.25, 0.3) is 0 Å². The molecule has 0 spiro atoms. The summed E-state index contributed by atoms with van der Waals surface area (Å²) in [4.78, 5) is 8.23. The van der Waals surface area contributed by atoms with Gasteiger partial charge in [-0.2, -0.15) is 0 Å². The van der Waals surface area contributed by atoms with E-state index < -0.39 is 0 Å². The highest BCUT2D eigenvalue weighted by Crippen LogP contribution is 2.25. The van der Waals surface area contributed by atoms with Gasteiger partial charge in [0.25, 0.3) is 0 Å². The van der Waals surface area contributed by atoms with Crippen LogP contribution < -0.4 is 10.6 Å². The molecule has 0 radical (unpaired) electrons. The fourth-order valence-electron chi connectivity index (χ4n) is 3.03. The lowest BCUT2D eigenvalue weighted by atomic mass is 10.2. The zero-order chi connectivity index (χ0) is 18.2. The van der Waals surface area contributed by atoms with Crippen molar-refractivity contribution in [3.63, 3.8) is 0 Å². The molecule has 1 aromatic heterocycles. The van der Waals surface area contributed by atoms with Gasteiger partial charge >= 0.3 is 0 Å². The molecule has 1 fully saturated rings. The van der Waals surface area contributed by atoms with E-state index in [0.717, 1.165) is 49.8 Å². The summed E-state index contributed by atoms with van der Waals surface area (Å²) in [7, 11) is 1.81. The minimum Gasteiger partial charge on any atom is -0.379 e. The Morgan fingerprint density at radius 2 is 2.07 bits per heavy atom. The molecule has 0 saturated carbocycles. The smallest absolute Gasteiger partial charge is 0.191 e. The summed E-state index contributed by atoms with van der Waals surface area (Å²) in [6.07, 6.45) is 0. The van der Waals surface area contributed by atoms with Crippen molar-refractivity contribution in [2.75, 3.05) is 39.9 Å². The number of rotatable bonds is 6. The van der Waals surface area contributed by atoms with Crippen LogP contribution in [-0.4, -0.2) is 50.8 Å². The highest BCUT2D eigenvalue weighted by Gasteiger charge is 2.23. The quantitative estimate of drug-likeness (QED) is 0.318. The summed E-state index contributed by atoms with van der Waals surface area (Å²) in [5.41, 5.74) is 1.21. The standard InChI is InChI=1S/C19H25BrN4OS.HI/c1-21-19(22-13-15-4-2-5-16(20)12-15)23-14-17(18-6-3-11-26-18)24-7-9-25-10-8-24;/h2-6,11-12,17H,7-10,13-14H2,1H3,(H2,21,22,23);1H. The van der Waals surface area contributed by atoms with E-state index in [0.29, 0.717) is 6.04 Å². The van der Waals surface area contributed by atoms with Crippen LogP contribution in [0.5, 0.6) is 0 Å². The molecular weight excluding hydrogens is 539 g/mol. The van der Waals surface area contributed by atoms with Crippen molar-refractivity contribution in [2.45, 2.75) is 12.6 Å². The Morgan fingerprint density at radius 1 is 1.26 bits per heavy atom. The molecule has 1 unspecified atom stereocenters. The summed E-state index contributed by atoms with van der Waals surface area (Å²) < 4.78 is 6.60. The number of hydrogen-bond acceptors (Lipinski definition) is 4. The number of halogens is 2. The van der Waals surface area contributed by atoms with Crippen molar-refractivity contribution < 1.29 is 4.74 Å². The summed E-state index contributed by atoms with van der Waals surface area (Å²) in [6, 6.07) is 13.0. The van der Waals surface area contributed by atoms with Crippen LogP contribution in [0, 0.1) is 0 Å². The lowest BCUT2D eigenvalue weighted by Gasteiger charge is -2.34. The average molecular weight is 565 g/mol. The van der Waals surface area contributed by atoms with Crippen LogP contribution in [0.4, 0.5) is 0 Å². The van der Waals surface area contributed by atoms with Gasteiger partial charge in [0.15, 0.2) is 5.96 Å². The van der Waals surface area contributed by atoms with Crippen LogP contribution in [0.3, 0.4) is 0 Å². The van der Waals surface area contributed by atoms with Gasteiger partial charge in [0.05, 0.1) is 19.3 Å². The average Bonchev–Trinajstić information content (AvgIpc) is 3.20. The Hall–Kier alpha value is -0.680. The largest absolute Gasteiger partial charge is 0.379 e. The molecule has 0 amide bonds. The van der Waals surface area contributed by atoms with Crippen molar-refractivity contribution in [2.24, 2.45) is 4.99 Å². The van der Waals surface area contributed by atoms with E-state index in [1.165, 1.54) is 10.4 Å². The van der Waals surface area contributed by atoms with Crippen molar-refractivity contribution in [3.8, 4) is 0 Å². The van der Waals surface area contributed by atoms with E-state index in [1.54, 1.807) is 0 Å². The molecule has 148 valence electrons. The van der Waals surface area contributed by atoms with Crippen LogP contribution in [0.15, 0.2) is 51.2 Å². The Morgan fingerprint density at radius 3 is 2.74 bits per heavy atom. The molecule has 0 bridgehead atoms.